The predicted molar refractivity (Wildman–Crippen MR) is 289 cm³/mol. The van der Waals surface area contributed by atoms with E-state index in [9.17, 15) is 0 Å². The van der Waals surface area contributed by atoms with Crippen LogP contribution in [0.25, 0.3) is 89.0 Å². The number of rotatable bonds is 6. The highest BCUT2D eigenvalue weighted by Gasteiger charge is 2.73. The first kappa shape index (κ1) is 45.0. The Labute approximate surface area is 429 Å². The number of nitrogen functional groups attached to an aromatic ring is 2. The Kier molecular flexibility index (Phi) is 9.72. The molecule has 4 N–H and O–H groups in total. The van der Waals surface area contributed by atoms with Crippen molar-refractivity contribution < 1.29 is 26.3 Å². The lowest BCUT2D eigenvalue weighted by molar-refractivity contribution is -0.288. The van der Waals surface area contributed by atoms with Gasteiger partial charge in [-0.25, -0.2) is 0 Å². The minimum absolute atomic E-state index is 0.180. The van der Waals surface area contributed by atoms with Crippen molar-refractivity contribution >= 4 is 11.4 Å². The second-order valence-electron chi connectivity index (χ2n) is 20.4. The van der Waals surface area contributed by atoms with Crippen LogP contribution < -0.4 is 11.5 Å². The Bertz CT molecular complexity index is 3820. The topological polar surface area (TPSA) is 52.0 Å². The largest absolute Gasteiger partial charge is 0.411 e. The molecule has 0 spiro atoms. The molecule has 0 radical (unpaired) electrons. The standard InChI is InChI=1S/C67H44F6N2/c68-66(69,70)65(67(71,72)73,41-33-59(51-25-9-21-47-43-17-5-1-13-37(43)29-55(47)51)63(61(74)35-41)53-27-11-23-49-45-19-7-3-15-39(45)31-57(49)53)42-34-60(52-26-10-22-48-44-18-6-2-14-38(44)30-56(48)52)64(62(75)36-42)54-28-12-24-50-46-20-8-4-16-40(46)32-58(50)54/h1-28,33-36H,29-32,74-75H2. The molecule has 0 amide bonds. The smallest absolute Gasteiger partial charge is 0.398 e. The molecule has 364 valence electrons. The van der Waals surface area contributed by atoms with Crippen LogP contribution in [-0.2, 0) is 31.1 Å². The highest BCUT2D eigenvalue weighted by molar-refractivity contribution is 6.01. The van der Waals surface area contributed by atoms with Crippen LogP contribution in [-0.4, -0.2) is 12.4 Å². The van der Waals surface area contributed by atoms with Crippen LogP contribution in [0.3, 0.4) is 0 Å². The lowest BCUT2D eigenvalue weighted by atomic mass is 9.69. The summed E-state index contributed by atoms with van der Waals surface area (Å²) in [6.45, 7) is 0. The SMILES string of the molecule is Nc1cc(C(c2cc(N)c(-c3cccc4c3Cc3ccccc3-4)c(-c3cccc4c3Cc3ccccc3-4)c2)(C(F)(F)F)C(F)(F)F)cc(-c2cccc3c2Cc2ccccc2-3)c1-c1cccc2c1Cc1ccccc1-2. The van der Waals surface area contributed by atoms with Gasteiger partial charge in [0.25, 0.3) is 0 Å². The molecule has 4 aliphatic rings. The molecule has 2 nitrogen and oxygen atoms in total. The van der Waals surface area contributed by atoms with E-state index in [1.54, 1.807) is 12.1 Å². The van der Waals surface area contributed by atoms with E-state index in [-0.39, 0.29) is 22.5 Å². The Morgan fingerprint density at radius 1 is 0.267 bits per heavy atom. The van der Waals surface area contributed by atoms with Gasteiger partial charge < -0.3 is 11.5 Å². The maximum atomic E-state index is 17.1. The molecule has 0 heterocycles. The third kappa shape index (κ3) is 6.48. The summed E-state index contributed by atoms with van der Waals surface area (Å²) >= 11 is 0. The van der Waals surface area contributed by atoms with Crippen molar-refractivity contribution in [3.05, 3.63) is 250 Å². The molecule has 0 unspecified atom stereocenters. The van der Waals surface area contributed by atoms with Crippen molar-refractivity contribution in [3.63, 3.8) is 0 Å². The van der Waals surface area contributed by atoms with Crippen molar-refractivity contribution in [1.82, 2.24) is 0 Å². The summed E-state index contributed by atoms with van der Waals surface area (Å²) < 4.78 is 102. The van der Waals surface area contributed by atoms with Crippen LogP contribution in [0.15, 0.2) is 194 Å². The van der Waals surface area contributed by atoms with Gasteiger partial charge in [-0.15, -0.1) is 0 Å². The third-order valence-electron chi connectivity index (χ3n) is 16.6. The number of anilines is 2. The number of benzene rings is 10. The van der Waals surface area contributed by atoms with E-state index in [1.807, 2.05) is 158 Å². The number of nitrogens with two attached hydrogens (primary N) is 2. The van der Waals surface area contributed by atoms with Crippen LogP contribution in [0.1, 0.15) is 55.6 Å². The minimum atomic E-state index is -5.98. The first-order valence-corrected chi connectivity index (χ1v) is 25.1. The number of halogens is 6. The zero-order chi connectivity index (χ0) is 51.1. The van der Waals surface area contributed by atoms with Crippen molar-refractivity contribution in [2.24, 2.45) is 0 Å². The lowest BCUT2D eigenvalue weighted by Gasteiger charge is -2.39. The molecule has 0 fully saturated rings. The molecule has 0 saturated carbocycles. The van der Waals surface area contributed by atoms with E-state index in [0.29, 0.717) is 59.1 Å². The molecule has 0 bridgehead atoms. The molecule has 4 aliphatic carbocycles. The Morgan fingerprint density at radius 3 is 0.800 bits per heavy atom. The second-order valence-corrected chi connectivity index (χ2v) is 20.4. The molecular weight excluding hydrogens is 947 g/mol. The normalized spacial score (nSPS) is 13.6. The number of fused-ring (bicyclic) bond motifs is 12. The predicted octanol–water partition coefficient (Wildman–Crippen LogP) is 17.2. The summed E-state index contributed by atoms with van der Waals surface area (Å²) in [6.07, 6.45) is -10.1. The van der Waals surface area contributed by atoms with E-state index < -0.39 is 28.9 Å². The Morgan fingerprint density at radius 2 is 0.507 bits per heavy atom. The average molecular weight is 991 g/mol. The third-order valence-corrected chi connectivity index (χ3v) is 16.6. The zero-order valence-electron chi connectivity index (χ0n) is 40.2. The summed E-state index contributed by atoms with van der Waals surface area (Å²) in [5.41, 5.74) is 25.7. The highest BCUT2D eigenvalue weighted by atomic mass is 19.4. The average Bonchev–Trinajstić information content (AvgIpc) is 4.18. The summed E-state index contributed by atoms with van der Waals surface area (Å²) in [6, 6.07) is 58.3. The van der Waals surface area contributed by atoms with Gasteiger partial charge in [0.2, 0.25) is 5.41 Å². The molecular formula is C67H44F6N2. The van der Waals surface area contributed by atoms with Crippen molar-refractivity contribution in [3.8, 4) is 89.0 Å². The fourth-order valence-corrected chi connectivity index (χ4v) is 13.4. The van der Waals surface area contributed by atoms with Gasteiger partial charge in [-0.1, -0.05) is 170 Å². The van der Waals surface area contributed by atoms with Crippen molar-refractivity contribution in [2.75, 3.05) is 11.5 Å². The molecule has 14 rings (SSSR count). The lowest BCUT2D eigenvalue weighted by Crippen LogP contribution is -2.55. The van der Waals surface area contributed by atoms with Crippen LogP contribution in [0.4, 0.5) is 37.7 Å². The van der Waals surface area contributed by atoms with Gasteiger partial charge in [0, 0.05) is 22.5 Å². The number of alkyl halides is 6. The fourth-order valence-electron chi connectivity index (χ4n) is 13.4. The van der Waals surface area contributed by atoms with Gasteiger partial charge in [0.05, 0.1) is 0 Å². The van der Waals surface area contributed by atoms with Crippen molar-refractivity contribution in [1.29, 1.82) is 0 Å². The summed E-state index contributed by atoms with van der Waals surface area (Å²) in [7, 11) is 0. The Balaban J connectivity index is 1.06. The molecule has 10 aromatic carbocycles. The quantitative estimate of drug-likeness (QED) is 0.129. The van der Waals surface area contributed by atoms with Gasteiger partial charge in [-0.3, -0.25) is 0 Å². The van der Waals surface area contributed by atoms with Crippen LogP contribution in [0, 0.1) is 0 Å². The van der Waals surface area contributed by atoms with Gasteiger partial charge in [0.1, 0.15) is 0 Å². The van der Waals surface area contributed by atoms with Gasteiger partial charge in [-0.2, -0.15) is 26.3 Å². The monoisotopic (exact) mass is 990 g/mol. The van der Waals surface area contributed by atoms with E-state index in [1.165, 1.54) is 0 Å². The molecule has 0 aliphatic heterocycles. The van der Waals surface area contributed by atoms with Gasteiger partial charge >= 0.3 is 12.4 Å². The summed E-state index contributed by atoms with van der Waals surface area (Å²) in [5.74, 6) is 0. The molecule has 10 aromatic rings. The summed E-state index contributed by atoms with van der Waals surface area (Å²) in [5, 5.41) is 0. The van der Waals surface area contributed by atoms with Crippen LogP contribution >= 0.6 is 0 Å². The minimum Gasteiger partial charge on any atom is -0.398 e. The molecule has 0 atom stereocenters. The Hall–Kier alpha value is -8.62. The number of hydrogen-bond donors (Lipinski definition) is 2. The van der Waals surface area contributed by atoms with Crippen LogP contribution in [0.2, 0.25) is 0 Å². The highest BCUT2D eigenvalue weighted by Crippen LogP contribution is 2.61. The van der Waals surface area contributed by atoms with Gasteiger partial charge in [0.15, 0.2) is 0 Å². The number of hydrogen-bond acceptors (Lipinski definition) is 2. The maximum absolute atomic E-state index is 17.1. The van der Waals surface area contributed by atoms with E-state index >= 15 is 26.3 Å². The van der Waals surface area contributed by atoms with E-state index in [4.69, 9.17) is 11.5 Å². The first-order valence-electron chi connectivity index (χ1n) is 25.1. The molecule has 0 aromatic heterocycles. The van der Waals surface area contributed by atoms with E-state index in [2.05, 4.69) is 0 Å². The molecule has 75 heavy (non-hydrogen) atoms. The van der Waals surface area contributed by atoms with Crippen LogP contribution in [0.5, 0.6) is 0 Å². The zero-order valence-corrected chi connectivity index (χ0v) is 40.2. The first-order chi connectivity index (χ1) is 36.3. The second kappa shape index (κ2) is 16.2. The fraction of sp³-hybridized carbons (Fsp3) is 0.104. The molecule has 0 saturated heterocycles. The van der Waals surface area contributed by atoms with E-state index in [0.717, 1.165) is 113 Å². The maximum Gasteiger partial charge on any atom is 0.411 e. The summed E-state index contributed by atoms with van der Waals surface area (Å²) in [4.78, 5) is 0. The van der Waals surface area contributed by atoms with Gasteiger partial charge in [-0.05, 0) is 183 Å². The van der Waals surface area contributed by atoms with Crippen molar-refractivity contribution in [2.45, 2.75) is 43.5 Å². The molecule has 8 heteroatoms.